The summed E-state index contributed by atoms with van der Waals surface area (Å²) in [5.41, 5.74) is 6.32. The van der Waals surface area contributed by atoms with Crippen LogP contribution in [0.15, 0.2) is 28.7 Å². The third-order valence-electron chi connectivity index (χ3n) is 6.51. The zero-order valence-electron chi connectivity index (χ0n) is 22.5. The van der Waals surface area contributed by atoms with Crippen LogP contribution in [0.2, 0.25) is 0 Å². The van der Waals surface area contributed by atoms with Crippen molar-refractivity contribution in [3.63, 3.8) is 0 Å². The molecule has 0 bridgehead atoms. The van der Waals surface area contributed by atoms with E-state index in [1.165, 1.54) is 49.7 Å². The van der Waals surface area contributed by atoms with Gasteiger partial charge in [-0.05, 0) is 81.0 Å². The number of aryl methyl sites for hydroxylation is 4. The van der Waals surface area contributed by atoms with Gasteiger partial charge < -0.3 is 13.9 Å². The SMILES string of the molecule is CCCCCCOc1cc(-c2nnc(-c3cc(C)c(C)cc3OCCCCCC)o2)c(C)cc1C. The van der Waals surface area contributed by atoms with Crippen LogP contribution in [-0.4, -0.2) is 23.4 Å². The maximum Gasteiger partial charge on any atom is 0.251 e. The van der Waals surface area contributed by atoms with Crippen LogP contribution >= 0.6 is 0 Å². The Labute approximate surface area is 211 Å². The predicted molar refractivity (Wildman–Crippen MR) is 143 cm³/mol. The minimum Gasteiger partial charge on any atom is -0.493 e. The average molecular weight is 479 g/mol. The molecule has 3 rings (SSSR count). The van der Waals surface area contributed by atoms with E-state index in [2.05, 4.69) is 69.9 Å². The van der Waals surface area contributed by atoms with Crippen LogP contribution in [0.3, 0.4) is 0 Å². The highest BCUT2D eigenvalue weighted by Gasteiger charge is 2.19. The Balaban J connectivity index is 1.82. The molecule has 0 saturated carbocycles. The van der Waals surface area contributed by atoms with Gasteiger partial charge in [-0.1, -0.05) is 58.4 Å². The lowest BCUT2D eigenvalue weighted by molar-refractivity contribution is 0.303. The molecule has 0 unspecified atom stereocenters. The van der Waals surface area contributed by atoms with Crippen molar-refractivity contribution < 1.29 is 13.9 Å². The number of hydrogen-bond donors (Lipinski definition) is 0. The topological polar surface area (TPSA) is 57.4 Å². The Morgan fingerprint density at radius 2 is 1.14 bits per heavy atom. The molecule has 0 fully saturated rings. The Bertz CT molecular complexity index is 1090. The van der Waals surface area contributed by atoms with Crippen molar-refractivity contribution in [2.24, 2.45) is 0 Å². The second kappa shape index (κ2) is 13.3. The summed E-state index contributed by atoms with van der Waals surface area (Å²) in [4.78, 5) is 0. The van der Waals surface area contributed by atoms with Crippen molar-refractivity contribution in [3.05, 3.63) is 46.5 Å². The molecule has 0 atom stereocenters. The van der Waals surface area contributed by atoms with E-state index in [0.717, 1.165) is 53.2 Å². The van der Waals surface area contributed by atoms with E-state index in [1.54, 1.807) is 0 Å². The van der Waals surface area contributed by atoms with Gasteiger partial charge in [0, 0.05) is 5.56 Å². The smallest absolute Gasteiger partial charge is 0.251 e. The first-order chi connectivity index (χ1) is 16.9. The molecule has 5 nitrogen and oxygen atoms in total. The van der Waals surface area contributed by atoms with Gasteiger partial charge in [0.15, 0.2) is 0 Å². The van der Waals surface area contributed by atoms with Gasteiger partial charge in [0.05, 0.1) is 18.8 Å². The van der Waals surface area contributed by atoms with Gasteiger partial charge in [-0.3, -0.25) is 0 Å². The summed E-state index contributed by atoms with van der Waals surface area (Å²) >= 11 is 0. The summed E-state index contributed by atoms with van der Waals surface area (Å²) in [6.07, 6.45) is 9.39. The molecule has 0 aliphatic heterocycles. The summed E-state index contributed by atoms with van der Waals surface area (Å²) in [6.45, 7) is 14.2. The van der Waals surface area contributed by atoms with E-state index in [9.17, 15) is 0 Å². The number of benzene rings is 2. The quantitative estimate of drug-likeness (QED) is 0.217. The van der Waals surface area contributed by atoms with Crippen molar-refractivity contribution in [1.29, 1.82) is 0 Å². The van der Waals surface area contributed by atoms with E-state index < -0.39 is 0 Å². The Morgan fingerprint density at radius 3 is 1.77 bits per heavy atom. The minimum absolute atomic E-state index is 0.480. The van der Waals surface area contributed by atoms with Crippen LogP contribution < -0.4 is 9.47 Å². The minimum atomic E-state index is 0.480. The normalized spacial score (nSPS) is 11.1. The molecule has 1 aromatic heterocycles. The lowest BCUT2D eigenvalue weighted by Crippen LogP contribution is -2.00. The maximum absolute atomic E-state index is 6.21. The summed E-state index contributed by atoms with van der Waals surface area (Å²) in [5.74, 6) is 2.66. The van der Waals surface area contributed by atoms with E-state index in [0.29, 0.717) is 18.4 Å². The summed E-state index contributed by atoms with van der Waals surface area (Å²) in [5, 5.41) is 8.80. The number of aromatic nitrogens is 2. The highest BCUT2D eigenvalue weighted by molar-refractivity contribution is 5.68. The van der Waals surface area contributed by atoms with Crippen molar-refractivity contribution >= 4 is 0 Å². The molecular formula is C30H42N2O3. The summed E-state index contributed by atoms with van der Waals surface area (Å²) in [7, 11) is 0. The van der Waals surface area contributed by atoms with Gasteiger partial charge in [0.2, 0.25) is 5.89 Å². The second-order valence-electron chi connectivity index (χ2n) is 9.60. The lowest BCUT2D eigenvalue weighted by Gasteiger charge is -2.13. The van der Waals surface area contributed by atoms with Crippen molar-refractivity contribution in [2.45, 2.75) is 92.9 Å². The monoisotopic (exact) mass is 478 g/mol. The van der Waals surface area contributed by atoms with E-state index >= 15 is 0 Å². The van der Waals surface area contributed by atoms with Crippen molar-refractivity contribution in [2.75, 3.05) is 13.2 Å². The average Bonchev–Trinajstić information content (AvgIpc) is 3.31. The molecule has 3 aromatic rings. The van der Waals surface area contributed by atoms with Crippen LogP contribution in [0.4, 0.5) is 0 Å². The van der Waals surface area contributed by atoms with E-state index in [4.69, 9.17) is 13.9 Å². The van der Waals surface area contributed by atoms with E-state index in [-0.39, 0.29) is 0 Å². The van der Waals surface area contributed by atoms with Crippen LogP contribution in [-0.2, 0) is 0 Å². The molecule has 0 saturated heterocycles. The number of rotatable bonds is 14. The maximum atomic E-state index is 6.21. The number of ether oxygens (including phenoxy) is 2. The molecule has 2 aromatic carbocycles. The summed E-state index contributed by atoms with van der Waals surface area (Å²) in [6, 6.07) is 8.32. The first-order valence-electron chi connectivity index (χ1n) is 13.3. The first kappa shape index (κ1) is 26.8. The molecule has 0 radical (unpaired) electrons. The fraction of sp³-hybridized carbons (Fsp3) is 0.533. The van der Waals surface area contributed by atoms with Crippen LogP contribution in [0.1, 0.15) is 87.5 Å². The standard InChI is InChI=1S/C30H42N2O3/c1-7-9-11-13-15-33-27-20-25(23(5)17-24(27)6)29-31-32-30(35-29)26-18-21(3)22(4)19-28(26)34-16-14-12-10-8-2/h17-20H,7-16H2,1-6H3. The van der Waals surface area contributed by atoms with Gasteiger partial charge in [-0.25, -0.2) is 0 Å². The molecule has 0 amide bonds. The van der Waals surface area contributed by atoms with Gasteiger partial charge in [-0.15, -0.1) is 10.2 Å². The summed E-state index contributed by atoms with van der Waals surface area (Å²) < 4.78 is 18.5. The molecule has 190 valence electrons. The molecule has 1 heterocycles. The highest BCUT2D eigenvalue weighted by atomic mass is 16.5. The number of nitrogens with zero attached hydrogens (tertiary/aromatic N) is 2. The molecule has 0 N–H and O–H groups in total. The largest absolute Gasteiger partial charge is 0.493 e. The van der Waals surface area contributed by atoms with Crippen LogP contribution in [0.25, 0.3) is 22.9 Å². The zero-order chi connectivity index (χ0) is 25.2. The van der Waals surface area contributed by atoms with Crippen molar-refractivity contribution in [3.8, 4) is 34.4 Å². The van der Waals surface area contributed by atoms with Crippen LogP contribution in [0.5, 0.6) is 11.5 Å². The fourth-order valence-corrected chi connectivity index (χ4v) is 4.16. The van der Waals surface area contributed by atoms with Gasteiger partial charge in [0.25, 0.3) is 5.89 Å². The van der Waals surface area contributed by atoms with Crippen LogP contribution in [0, 0.1) is 27.7 Å². The predicted octanol–water partition coefficient (Wildman–Crippen LogP) is 8.56. The van der Waals surface area contributed by atoms with Gasteiger partial charge in [-0.2, -0.15) is 0 Å². The molecular weight excluding hydrogens is 436 g/mol. The van der Waals surface area contributed by atoms with Gasteiger partial charge in [0.1, 0.15) is 11.5 Å². The lowest BCUT2D eigenvalue weighted by atomic mass is 10.0. The Morgan fingerprint density at radius 1 is 0.571 bits per heavy atom. The highest BCUT2D eigenvalue weighted by Crippen LogP contribution is 2.36. The Hall–Kier alpha value is -2.82. The third kappa shape index (κ3) is 7.33. The molecule has 0 spiro atoms. The zero-order valence-corrected chi connectivity index (χ0v) is 22.5. The number of unbranched alkanes of at least 4 members (excludes halogenated alkanes) is 6. The van der Waals surface area contributed by atoms with Gasteiger partial charge >= 0.3 is 0 Å². The fourth-order valence-electron chi connectivity index (χ4n) is 4.16. The molecule has 0 aliphatic rings. The van der Waals surface area contributed by atoms with E-state index in [1.807, 2.05) is 6.07 Å². The first-order valence-corrected chi connectivity index (χ1v) is 13.3. The Kier molecular flexibility index (Phi) is 10.2. The van der Waals surface area contributed by atoms with Crippen molar-refractivity contribution in [1.82, 2.24) is 10.2 Å². The molecule has 0 aliphatic carbocycles. The second-order valence-corrected chi connectivity index (χ2v) is 9.60. The molecule has 5 heteroatoms. The third-order valence-corrected chi connectivity index (χ3v) is 6.51. The molecule has 35 heavy (non-hydrogen) atoms. The number of hydrogen-bond acceptors (Lipinski definition) is 5.